The molecule has 1 saturated carbocycles. The Bertz CT molecular complexity index is 348. The van der Waals surface area contributed by atoms with Crippen LogP contribution in [0.25, 0.3) is 0 Å². The van der Waals surface area contributed by atoms with Crippen molar-refractivity contribution in [1.82, 2.24) is 4.98 Å². The normalized spacial score (nSPS) is 18.4. The maximum Gasteiger partial charge on any atom is 0.235 e. The van der Waals surface area contributed by atoms with Crippen molar-refractivity contribution in [3.05, 3.63) is 16.1 Å². The van der Waals surface area contributed by atoms with Crippen LogP contribution < -0.4 is 0 Å². The summed E-state index contributed by atoms with van der Waals surface area (Å²) in [5, 5.41) is 0. The zero-order chi connectivity index (χ0) is 8.60. The van der Waals surface area contributed by atoms with Crippen LogP contribution in [0, 0.1) is 6.92 Å². The fourth-order valence-corrected chi connectivity index (χ4v) is 2.35. The van der Waals surface area contributed by atoms with E-state index in [2.05, 4.69) is 9.98 Å². The highest BCUT2D eigenvalue weighted by molar-refractivity contribution is 7.10. The highest BCUT2D eigenvalue weighted by atomic mass is 32.1. The molecule has 4 heteroatoms. The molecule has 12 heavy (non-hydrogen) atoms. The molecule has 1 aromatic rings. The van der Waals surface area contributed by atoms with Gasteiger partial charge in [0.1, 0.15) is 5.54 Å². The first-order chi connectivity index (χ1) is 5.78. The summed E-state index contributed by atoms with van der Waals surface area (Å²) in [6.45, 7) is 1.95. The zero-order valence-electron chi connectivity index (χ0n) is 6.70. The lowest BCUT2D eigenvalue weighted by molar-refractivity contribution is 0.556. The first-order valence-electron chi connectivity index (χ1n) is 3.78. The Morgan fingerprint density at radius 2 is 2.50 bits per heavy atom. The van der Waals surface area contributed by atoms with Gasteiger partial charge in [-0.05, 0) is 19.8 Å². The molecule has 0 aliphatic heterocycles. The van der Waals surface area contributed by atoms with Gasteiger partial charge in [-0.15, -0.1) is 11.3 Å². The van der Waals surface area contributed by atoms with Gasteiger partial charge < -0.3 is 0 Å². The van der Waals surface area contributed by atoms with E-state index in [0.29, 0.717) is 0 Å². The minimum atomic E-state index is -0.229. The molecule has 1 aliphatic rings. The fraction of sp³-hybridized carbons (Fsp3) is 0.500. The van der Waals surface area contributed by atoms with E-state index in [0.717, 1.165) is 23.4 Å². The molecular formula is C8H8N2OS. The van der Waals surface area contributed by atoms with Crippen LogP contribution in [0.15, 0.2) is 10.5 Å². The Morgan fingerprint density at radius 1 is 1.75 bits per heavy atom. The lowest BCUT2D eigenvalue weighted by Gasteiger charge is -2.03. The lowest BCUT2D eigenvalue weighted by Crippen LogP contribution is -2.01. The largest absolute Gasteiger partial charge is 0.250 e. The standard InChI is InChI=1S/C8H8N2OS/c1-6-7(12-5-9-6)8(2-3-8)10-4-11/h5H,2-3H2,1H3. The van der Waals surface area contributed by atoms with Gasteiger partial charge in [0.2, 0.25) is 6.08 Å². The molecule has 0 N–H and O–H groups in total. The summed E-state index contributed by atoms with van der Waals surface area (Å²) in [7, 11) is 0. The van der Waals surface area contributed by atoms with Gasteiger partial charge in [-0.2, -0.15) is 4.99 Å². The van der Waals surface area contributed by atoms with Gasteiger partial charge in [0.05, 0.1) is 16.1 Å². The van der Waals surface area contributed by atoms with Gasteiger partial charge >= 0.3 is 0 Å². The molecule has 0 amide bonds. The van der Waals surface area contributed by atoms with Crippen molar-refractivity contribution in [3.8, 4) is 0 Å². The van der Waals surface area contributed by atoms with Gasteiger partial charge in [0.25, 0.3) is 0 Å². The van der Waals surface area contributed by atoms with Crippen LogP contribution in [-0.4, -0.2) is 11.1 Å². The first kappa shape index (κ1) is 7.65. The van der Waals surface area contributed by atoms with E-state index >= 15 is 0 Å². The second-order valence-corrected chi connectivity index (χ2v) is 3.86. The summed E-state index contributed by atoms with van der Waals surface area (Å²) < 4.78 is 0. The quantitative estimate of drug-likeness (QED) is 0.514. The van der Waals surface area contributed by atoms with Crippen molar-refractivity contribution in [1.29, 1.82) is 0 Å². The number of hydrogen-bond acceptors (Lipinski definition) is 4. The molecular weight excluding hydrogens is 172 g/mol. The zero-order valence-corrected chi connectivity index (χ0v) is 7.52. The average Bonchev–Trinajstić information content (AvgIpc) is 2.68. The van der Waals surface area contributed by atoms with Crippen LogP contribution in [-0.2, 0) is 10.3 Å². The van der Waals surface area contributed by atoms with Crippen LogP contribution in [0.5, 0.6) is 0 Å². The van der Waals surface area contributed by atoms with Gasteiger partial charge in [-0.3, -0.25) is 0 Å². The number of thiazole rings is 1. The Balaban J connectivity index is 2.42. The molecule has 0 unspecified atom stereocenters. The van der Waals surface area contributed by atoms with Crippen LogP contribution >= 0.6 is 11.3 Å². The summed E-state index contributed by atoms with van der Waals surface area (Å²) in [5.41, 5.74) is 2.56. The van der Waals surface area contributed by atoms with Gasteiger partial charge in [-0.1, -0.05) is 0 Å². The molecule has 1 aliphatic carbocycles. The number of aromatic nitrogens is 1. The van der Waals surface area contributed by atoms with E-state index in [-0.39, 0.29) is 5.54 Å². The van der Waals surface area contributed by atoms with Crippen LogP contribution in [0.1, 0.15) is 23.4 Å². The molecule has 0 saturated heterocycles. The maximum atomic E-state index is 10.2. The molecule has 0 radical (unpaired) electrons. The summed E-state index contributed by atoms with van der Waals surface area (Å²) >= 11 is 1.58. The molecule has 1 aromatic heterocycles. The topological polar surface area (TPSA) is 42.3 Å². The Hall–Kier alpha value is -0.990. The van der Waals surface area contributed by atoms with E-state index in [1.54, 1.807) is 22.9 Å². The van der Waals surface area contributed by atoms with Crippen molar-refractivity contribution in [2.24, 2.45) is 4.99 Å². The number of carbonyl (C=O) groups excluding carboxylic acids is 1. The number of rotatable bonds is 2. The molecule has 1 heterocycles. The molecule has 2 rings (SSSR count). The van der Waals surface area contributed by atoms with E-state index in [4.69, 9.17) is 0 Å². The maximum absolute atomic E-state index is 10.2. The fourth-order valence-electron chi connectivity index (χ4n) is 1.34. The minimum Gasteiger partial charge on any atom is -0.250 e. The summed E-state index contributed by atoms with van der Waals surface area (Å²) in [4.78, 5) is 19.3. The molecule has 0 atom stereocenters. The van der Waals surface area contributed by atoms with Crippen molar-refractivity contribution < 1.29 is 4.79 Å². The molecule has 3 nitrogen and oxygen atoms in total. The highest BCUT2D eigenvalue weighted by Gasteiger charge is 2.47. The number of aliphatic imine (C=N–C) groups is 1. The number of nitrogens with zero attached hydrogens (tertiary/aromatic N) is 2. The summed E-state index contributed by atoms with van der Waals surface area (Å²) in [5.74, 6) is 0. The van der Waals surface area contributed by atoms with Crippen molar-refractivity contribution in [3.63, 3.8) is 0 Å². The molecule has 0 spiro atoms. The van der Waals surface area contributed by atoms with Crippen LogP contribution in [0.3, 0.4) is 0 Å². The Morgan fingerprint density at radius 3 is 2.92 bits per heavy atom. The van der Waals surface area contributed by atoms with Crippen molar-refractivity contribution in [2.45, 2.75) is 25.3 Å². The lowest BCUT2D eigenvalue weighted by atomic mass is 10.2. The van der Waals surface area contributed by atoms with E-state index < -0.39 is 0 Å². The Kier molecular flexibility index (Phi) is 1.60. The molecule has 1 fully saturated rings. The first-order valence-corrected chi connectivity index (χ1v) is 4.66. The smallest absolute Gasteiger partial charge is 0.235 e. The van der Waals surface area contributed by atoms with Crippen LogP contribution in [0.2, 0.25) is 0 Å². The average molecular weight is 180 g/mol. The van der Waals surface area contributed by atoms with E-state index in [1.807, 2.05) is 6.92 Å². The Labute approximate surface area is 74.2 Å². The second-order valence-electron chi connectivity index (χ2n) is 3.00. The number of hydrogen-bond donors (Lipinski definition) is 0. The third-order valence-corrected chi connectivity index (χ3v) is 3.27. The highest BCUT2D eigenvalue weighted by Crippen LogP contribution is 2.51. The molecule has 62 valence electrons. The third-order valence-electron chi connectivity index (χ3n) is 2.15. The predicted octanol–water partition coefficient (Wildman–Crippen LogP) is 1.78. The van der Waals surface area contributed by atoms with Gasteiger partial charge in [-0.25, -0.2) is 9.78 Å². The number of aryl methyl sites for hydroxylation is 1. The second kappa shape index (κ2) is 2.51. The monoisotopic (exact) mass is 180 g/mol. The van der Waals surface area contributed by atoms with Crippen molar-refractivity contribution in [2.75, 3.05) is 0 Å². The predicted molar refractivity (Wildman–Crippen MR) is 45.9 cm³/mol. The molecule has 0 aromatic carbocycles. The van der Waals surface area contributed by atoms with Crippen molar-refractivity contribution >= 4 is 17.4 Å². The molecule has 0 bridgehead atoms. The minimum absolute atomic E-state index is 0.229. The van der Waals surface area contributed by atoms with Gasteiger partial charge in [0.15, 0.2) is 0 Å². The van der Waals surface area contributed by atoms with E-state index in [9.17, 15) is 4.79 Å². The summed E-state index contributed by atoms with van der Waals surface area (Å²) in [6, 6.07) is 0. The summed E-state index contributed by atoms with van der Waals surface area (Å²) in [6.07, 6.45) is 3.57. The SMILES string of the molecule is Cc1ncsc1C1(N=C=O)CC1. The van der Waals surface area contributed by atoms with E-state index in [1.165, 1.54) is 0 Å². The third kappa shape index (κ3) is 1.00. The van der Waals surface area contributed by atoms with Crippen LogP contribution in [0.4, 0.5) is 0 Å². The number of isocyanates is 1. The van der Waals surface area contributed by atoms with Gasteiger partial charge in [0, 0.05) is 0 Å².